The number of carbonyl (C=O) groups is 1. The summed E-state index contributed by atoms with van der Waals surface area (Å²) in [6, 6.07) is 15.4. The van der Waals surface area contributed by atoms with Crippen molar-refractivity contribution in [3.05, 3.63) is 88.2 Å². The number of rotatable bonds is 5. The first-order chi connectivity index (χ1) is 12.0. The largest absolute Gasteiger partial charge is 0.508 e. The van der Waals surface area contributed by atoms with Crippen LogP contribution >= 0.6 is 0 Å². The van der Waals surface area contributed by atoms with Gasteiger partial charge >= 0.3 is 0 Å². The Morgan fingerprint density at radius 3 is 2.32 bits per heavy atom. The third-order valence-corrected chi connectivity index (χ3v) is 3.54. The van der Waals surface area contributed by atoms with Gasteiger partial charge in [-0.1, -0.05) is 0 Å². The molecule has 1 heterocycles. The van der Waals surface area contributed by atoms with Gasteiger partial charge in [0.1, 0.15) is 17.3 Å². The summed E-state index contributed by atoms with van der Waals surface area (Å²) in [5.74, 6) is 0.916. The number of benzene rings is 2. The Labute approximate surface area is 142 Å². The number of phenolic OH excluding ortho intramolecular Hbond substituents is 1. The van der Waals surface area contributed by atoms with Crippen LogP contribution in [0.1, 0.15) is 16.1 Å². The van der Waals surface area contributed by atoms with Crippen LogP contribution in [0.2, 0.25) is 0 Å². The van der Waals surface area contributed by atoms with Crippen molar-refractivity contribution in [3.63, 3.8) is 0 Å². The summed E-state index contributed by atoms with van der Waals surface area (Å²) in [5.41, 5.74) is 1.17. The van der Waals surface area contributed by atoms with E-state index in [1.807, 2.05) is 0 Å². The quantitative estimate of drug-likeness (QED) is 0.321. The number of hydrogen-bond acceptors (Lipinski definition) is 5. The molecule has 6 heteroatoms. The highest BCUT2D eigenvalue weighted by Crippen LogP contribution is 2.25. The summed E-state index contributed by atoms with van der Waals surface area (Å²) in [6.45, 7) is 0. The molecule has 25 heavy (non-hydrogen) atoms. The molecular formula is C19H13NO5. The highest BCUT2D eigenvalue weighted by Gasteiger charge is 2.08. The van der Waals surface area contributed by atoms with E-state index in [4.69, 9.17) is 4.42 Å². The predicted octanol–water partition coefficient (Wildman–Crippen LogP) is 4.46. The molecule has 0 amide bonds. The fraction of sp³-hybridized carbons (Fsp3) is 0. The molecule has 2 aromatic carbocycles. The van der Waals surface area contributed by atoms with Crippen molar-refractivity contribution in [2.24, 2.45) is 0 Å². The van der Waals surface area contributed by atoms with Crippen molar-refractivity contribution in [2.45, 2.75) is 0 Å². The highest BCUT2D eigenvalue weighted by molar-refractivity contribution is 6.06. The van der Waals surface area contributed by atoms with Crippen molar-refractivity contribution in [2.75, 3.05) is 0 Å². The van der Waals surface area contributed by atoms with Crippen molar-refractivity contribution in [3.8, 4) is 17.1 Å². The summed E-state index contributed by atoms with van der Waals surface area (Å²) in [4.78, 5) is 22.2. The van der Waals surface area contributed by atoms with Crippen LogP contribution in [-0.4, -0.2) is 15.8 Å². The van der Waals surface area contributed by atoms with E-state index in [1.165, 1.54) is 42.5 Å². The molecule has 0 saturated heterocycles. The van der Waals surface area contributed by atoms with E-state index in [0.29, 0.717) is 22.6 Å². The summed E-state index contributed by atoms with van der Waals surface area (Å²) in [7, 11) is 0. The molecule has 0 aliphatic carbocycles. The van der Waals surface area contributed by atoms with E-state index in [1.54, 1.807) is 30.3 Å². The molecule has 0 fully saturated rings. The van der Waals surface area contributed by atoms with Crippen LogP contribution in [0.5, 0.6) is 5.75 Å². The second-order valence-electron chi connectivity index (χ2n) is 5.25. The number of carbonyl (C=O) groups excluding carboxylic acids is 1. The Hall–Kier alpha value is -3.67. The van der Waals surface area contributed by atoms with Gasteiger partial charge in [-0.05, 0) is 60.7 Å². The van der Waals surface area contributed by atoms with Gasteiger partial charge in [0.25, 0.3) is 5.69 Å². The van der Waals surface area contributed by atoms with Crippen molar-refractivity contribution < 1.29 is 19.2 Å². The van der Waals surface area contributed by atoms with Crippen molar-refractivity contribution in [1.82, 2.24) is 0 Å². The third kappa shape index (κ3) is 3.81. The Morgan fingerprint density at radius 1 is 1.00 bits per heavy atom. The molecule has 3 rings (SSSR count). The first-order valence-electron chi connectivity index (χ1n) is 7.39. The van der Waals surface area contributed by atoms with E-state index in [2.05, 4.69) is 0 Å². The first-order valence-corrected chi connectivity index (χ1v) is 7.39. The van der Waals surface area contributed by atoms with Gasteiger partial charge in [0.2, 0.25) is 0 Å². The minimum absolute atomic E-state index is 0.00919. The van der Waals surface area contributed by atoms with Crippen LogP contribution in [0.3, 0.4) is 0 Å². The van der Waals surface area contributed by atoms with E-state index < -0.39 is 4.92 Å². The maximum absolute atomic E-state index is 12.0. The number of furan rings is 1. The standard InChI is InChI=1S/C19H13NO5/c21-16-7-3-13(4-8-16)18(22)11-9-17-10-12-19(25-17)14-1-5-15(6-2-14)20(23)24/h1-12,21H/b11-9+. The van der Waals surface area contributed by atoms with Crippen LogP contribution in [0.4, 0.5) is 5.69 Å². The molecule has 0 bridgehead atoms. The van der Waals surface area contributed by atoms with E-state index >= 15 is 0 Å². The first kappa shape index (κ1) is 16.2. The Kier molecular flexibility index (Phi) is 4.43. The fourth-order valence-electron chi connectivity index (χ4n) is 2.22. The molecule has 124 valence electrons. The molecular weight excluding hydrogens is 322 g/mol. The summed E-state index contributed by atoms with van der Waals surface area (Å²) < 4.78 is 5.63. The lowest BCUT2D eigenvalue weighted by Gasteiger charge is -1.97. The zero-order valence-corrected chi connectivity index (χ0v) is 13.0. The molecule has 6 nitrogen and oxygen atoms in total. The zero-order valence-electron chi connectivity index (χ0n) is 13.0. The Bertz CT molecular complexity index is 937. The van der Waals surface area contributed by atoms with E-state index in [0.717, 1.165) is 0 Å². The maximum Gasteiger partial charge on any atom is 0.269 e. The van der Waals surface area contributed by atoms with Crippen LogP contribution in [-0.2, 0) is 0 Å². The third-order valence-electron chi connectivity index (χ3n) is 3.54. The van der Waals surface area contributed by atoms with Gasteiger partial charge in [-0.2, -0.15) is 0 Å². The van der Waals surface area contributed by atoms with Gasteiger partial charge in [0, 0.05) is 23.3 Å². The molecule has 1 N–H and O–H groups in total. The Balaban J connectivity index is 1.73. The molecule has 0 aliphatic heterocycles. The molecule has 0 radical (unpaired) electrons. The summed E-state index contributed by atoms with van der Waals surface area (Å²) in [6.07, 6.45) is 2.93. The number of aromatic hydroxyl groups is 1. The van der Waals surface area contributed by atoms with Crippen LogP contribution < -0.4 is 0 Å². The number of non-ortho nitro benzene ring substituents is 1. The van der Waals surface area contributed by atoms with Gasteiger partial charge in [-0.3, -0.25) is 14.9 Å². The lowest BCUT2D eigenvalue weighted by atomic mass is 10.1. The number of nitrogens with zero attached hydrogens (tertiary/aromatic N) is 1. The number of nitro benzene ring substituents is 1. The van der Waals surface area contributed by atoms with Gasteiger partial charge < -0.3 is 9.52 Å². The zero-order chi connectivity index (χ0) is 17.8. The average Bonchev–Trinajstić information content (AvgIpc) is 3.09. The minimum Gasteiger partial charge on any atom is -0.508 e. The fourth-order valence-corrected chi connectivity index (χ4v) is 2.22. The molecule has 0 spiro atoms. The Morgan fingerprint density at radius 2 is 1.68 bits per heavy atom. The van der Waals surface area contributed by atoms with E-state index in [-0.39, 0.29) is 17.2 Å². The molecule has 0 aliphatic rings. The van der Waals surface area contributed by atoms with Crippen LogP contribution in [0.25, 0.3) is 17.4 Å². The summed E-state index contributed by atoms with van der Waals surface area (Å²) >= 11 is 0. The van der Waals surface area contributed by atoms with Crippen molar-refractivity contribution >= 4 is 17.5 Å². The number of ketones is 1. The number of allylic oxidation sites excluding steroid dienone is 1. The van der Waals surface area contributed by atoms with Crippen LogP contribution in [0, 0.1) is 10.1 Å². The predicted molar refractivity (Wildman–Crippen MR) is 92.3 cm³/mol. The van der Waals surface area contributed by atoms with Gasteiger partial charge in [0.05, 0.1) is 4.92 Å². The van der Waals surface area contributed by atoms with Crippen LogP contribution in [0.15, 0.2) is 71.2 Å². The number of phenols is 1. The van der Waals surface area contributed by atoms with E-state index in [9.17, 15) is 20.0 Å². The van der Waals surface area contributed by atoms with Gasteiger partial charge in [-0.15, -0.1) is 0 Å². The second-order valence-corrected chi connectivity index (χ2v) is 5.25. The monoisotopic (exact) mass is 335 g/mol. The van der Waals surface area contributed by atoms with Crippen molar-refractivity contribution in [1.29, 1.82) is 0 Å². The SMILES string of the molecule is O=C(/C=C/c1ccc(-c2ccc([N+](=O)[O-])cc2)o1)c1ccc(O)cc1. The minimum atomic E-state index is -0.463. The molecule has 1 aromatic heterocycles. The number of hydrogen-bond donors (Lipinski definition) is 1. The second kappa shape index (κ2) is 6.84. The smallest absolute Gasteiger partial charge is 0.269 e. The molecule has 3 aromatic rings. The molecule has 0 atom stereocenters. The lowest BCUT2D eigenvalue weighted by molar-refractivity contribution is -0.384. The number of nitro groups is 1. The lowest BCUT2D eigenvalue weighted by Crippen LogP contribution is -1.92. The highest BCUT2D eigenvalue weighted by atomic mass is 16.6. The normalized spacial score (nSPS) is 10.9. The van der Waals surface area contributed by atoms with Gasteiger partial charge in [0.15, 0.2) is 5.78 Å². The van der Waals surface area contributed by atoms with Gasteiger partial charge in [-0.25, -0.2) is 0 Å². The average molecular weight is 335 g/mol. The molecule has 0 saturated carbocycles. The maximum atomic E-state index is 12.0. The topological polar surface area (TPSA) is 93.6 Å². The molecule has 0 unspecified atom stereocenters. The summed E-state index contributed by atoms with van der Waals surface area (Å²) in [5, 5.41) is 19.9.